The minimum atomic E-state index is -0.300. The molecule has 0 radical (unpaired) electrons. The van der Waals surface area contributed by atoms with Crippen molar-refractivity contribution in [3.05, 3.63) is 28.8 Å². The Bertz CT molecular complexity index is 500. The number of rotatable bonds is 3. The maximum Gasteiger partial charge on any atom is 1.00 e. The van der Waals surface area contributed by atoms with E-state index in [1.54, 1.807) is 6.07 Å². The Morgan fingerprint density at radius 3 is 1.76 bits per heavy atom. The first-order valence-corrected chi connectivity index (χ1v) is 5.19. The third-order valence-corrected chi connectivity index (χ3v) is 2.64. The van der Waals surface area contributed by atoms with Gasteiger partial charge in [0.2, 0.25) is 0 Å². The smallest absolute Gasteiger partial charge is 1.00 e. The summed E-state index contributed by atoms with van der Waals surface area (Å²) in [5, 5.41) is 0. The maximum absolute atomic E-state index is 11.5. The summed E-state index contributed by atoms with van der Waals surface area (Å²) in [5.41, 5.74) is 0.673. The van der Waals surface area contributed by atoms with Gasteiger partial charge < -0.3 is 1.43 Å². The Morgan fingerprint density at radius 1 is 0.941 bits per heavy atom. The number of hydrogen-bond donors (Lipinski definition) is 1. The topological polar surface area (TPSA) is 51.2 Å². The molecule has 1 aromatic rings. The molecule has 0 spiro atoms. The van der Waals surface area contributed by atoms with Crippen LogP contribution in [-0.2, 0) is 0 Å². The molecule has 0 aliphatic carbocycles. The van der Waals surface area contributed by atoms with Gasteiger partial charge in [-0.2, -0.15) is 0 Å². The average Bonchev–Trinajstić information content (AvgIpc) is 2.15. The molecule has 86 valence electrons. The number of hydrogen-bond acceptors (Lipinski definition) is 4. The zero-order chi connectivity index (χ0) is 12.5. The normalized spacial score (nSPS) is 9.41. The molecule has 0 heterocycles. The van der Waals surface area contributed by atoms with Crippen molar-refractivity contribution in [3.63, 3.8) is 0 Å². The molecular weight excluding hydrogens is 247 g/mol. The van der Waals surface area contributed by atoms with E-state index in [9.17, 15) is 14.4 Å². The van der Waals surface area contributed by atoms with Gasteiger partial charge >= 0.3 is 29.6 Å². The zero-order valence-electron chi connectivity index (χ0n) is 11.3. The molecule has 5 heteroatoms. The van der Waals surface area contributed by atoms with Crippen LogP contribution in [0.25, 0.3) is 0 Å². The van der Waals surface area contributed by atoms with E-state index in [0.29, 0.717) is 4.90 Å². The molecule has 0 amide bonds. The van der Waals surface area contributed by atoms with Crippen molar-refractivity contribution in [1.29, 1.82) is 0 Å². The second-order valence-electron chi connectivity index (χ2n) is 3.55. The van der Waals surface area contributed by atoms with Gasteiger partial charge in [0, 0.05) is 21.6 Å². The molecular formula is C12H13NaO3S. The van der Waals surface area contributed by atoms with Crippen LogP contribution >= 0.6 is 12.6 Å². The summed E-state index contributed by atoms with van der Waals surface area (Å²) >= 11 is 4.13. The fourth-order valence-electron chi connectivity index (χ4n) is 1.61. The largest absolute Gasteiger partial charge is 1.00 e. The van der Waals surface area contributed by atoms with Gasteiger partial charge in [0.25, 0.3) is 0 Å². The fraction of sp³-hybridized carbons (Fsp3) is 0.250. The first-order valence-electron chi connectivity index (χ1n) is 4.75. The van der Waals surface area contributed by atoms with Crippen molar-refractivity contribution in [1.82, 2.24) is 0 Å². The van der Waals surface area contributed by atoms with Gasteiger partial charge in [-0.15, -0.1) is 12.6 Å². The number of benzene rings is 1. The summed E-state index contributed by atoms with van der Waals surface area (Å²) in [7, 11) is 0. The second kappa shape index (κ2) is 6.50. The number of ketones is 3. The first-order chi connectivity index (χ1) is 7.36. The Labute approximate surface area is 129 Å². The van der Waals surface area contributed by atoms with Crippen LogP contribution < -0.4 is 29.6 Å². The summed E-state index contributed by atoms with van der Waals surface area (Å²) in [6.07, 6.45) is 0. The molecule has 0 aromatic heterocycles. The Balaban J connectivity index is 0. The van der Waals surface area contributed by atoms with Crippen LogP contribution in [0, 0.1) is 0 Å². The predicted octanol–water partition coefficient (Wildman–Crippen LogP) is -0.300. The Morgan fingerprint density at radius 2 is 1.41 bits per heavy atom. The van der Waals surface area contributed by atoms with Crippen molar-refractivity contribution in [2.75, 3.05) is 0 Å². The summed E-state index contributed by atoms with van der Waals surface area (Å²) < 4.78 is 0. The predicted molar refractivity (Wildman–Crippen MR) is 64.8 cm³/mol. The van der Waals surface area contributed by atoms with Gasteiger partial charge in [0.15, 0.2) is 17.3 Å². The molecule has 0 fully saturated rings. The molecule has 0 saturated heterocycles. The SMILES string of the molecule is CC(=O)c1ccc(S)c(C(C)=O)c1C(C)=O.[H-].[Na+]. The van der Waals surface area contributed by atoms with Crippen molar-refractivity contribution in [2.45, 2.75) is 25.7 Å². The monoisotopic (exact) mass is 260 g/mol. The summed E-state index contributed by atoms with van der Waals surface area (Å²) in [4.78, 5) is 34.8. The third-order valence-electron chi connectivity index (χ3n) is 2.27. The number of carbonyl (C=O) groups is 3. The maximum atomic E-state index is 11.5. The van der Waals surface area contributed by atoms with E-state index in [-0.39, 0.29) is 65.0 Å². The Kier molecular flexibility index (Phi) is 6.34. The molecule has 0 N–H and O–H groups in total. The van der Waals surface area contributed by atoms with E-state index in [1.165, 1.54) is 26.8 Å². The molecule has 0 saturated carbocycles. The van der Waals surface area contributed by atoms with E-state index in [2.05, 4.69) is 12.6 Å². The van der Waals surface area contributed by atoms with E-state index in [4.69, 9.17) is 0 Å². The quantitative estimate of drug-likeness (QED) is 0.461. The van der Waals surface area contributed by atoms with Crippen LogP contribution in [0.15, 0.2) is 17.0 Å². The minimum absolute atomic E-state index is 0. The van der Waals surface area contributed by atoms with E-state index >= 15 is 0 Å². The summed E-state index contributed by atoms with van der Waals surface area (Å²) in [6.45, 7) is 4.05. The van der Waals surface area contributed by atoms with E-state index in [1.807, 2.05) is 0 Å². The van der Waals surface area contributed by atoms with Gasteiger partial charge in [-0.3, -0.25) is 14.4 Å². The molecule has 0 atom stereocenters. The van der Waals surface area contributed by atoms with Crippen molar-refractivity contribution in [2.24, 2.45) is 0 Å². The molecule has 0 aliphatic rings. The van der Waals surface area contributed by atoms with Crippen LogP contribution in [0.5, 0.6) is 0 Å². The summed E-state index contributed by atoms with van der Waals surface area (Å²) in [6, 6.07) is 3.08. The molecule has 1 aromatic carbocycles. The van der Waals surface area contributed by atoms with E-state index < -0.39 is 0 Å². The second-order valence-corrected chi connectivity index (χ2v) is 4.03. The summed E-state index contributed by atoms with van der Waals surface area (Å²) in [5.74, 6) is -0.800. The van der Waals surface area contributed by atoms with Crippen LogP contribution in [0.2, 0.25) is 0 Å². The average molecular weight is 260 g/mol. The van der Waals surface area contributed by atoms with Crippen LogP contribution in [0.3, 0.4) is 0 Å². The first kappa shape index (κ1) is 16.6. The zero-order valence-corrected chi connectivity index (χ0v) is 13.2. The Hall–Kier alpha value is -0.420. The van der Waals surface area contributed by atoms with Crippen LogP contribution in [-0.4, -0.2) is 17.3 Å². The van der Waals surface area contributed by atoms with E-state index in [0.717, 1.165) is 0 Å². The van der Waals surface area contributed by atoms with Gasteiger partial charge in [-0.1, -0.05) is 0 Å². The van der Waals surface area contributed by atoms with Gasteiger partial charge in [0.1, 0.15) is 0 Å². The molecule has 3 nitrogen and oxygen atoms in total. The fourth-order valence-corrected chi connectivity index (χ4v) is 1.95. The number of thiol groups is 1. The minimum Gasteiger partial charge on any atom is -1.00 e. The van der Waals surface area contributed by atoms with Crippen molar-refractivity contribution in [3.8, 4) is 0 Å². The van der Waals surface area contributed by atoms with Gasteiger partial charge in [-0.25, -0.2) is 0 Å². The van der Waals surface area contributed by atoms with Gasteiger partial charge in [-0.05, 0) is 32.9 Å². The molecule has 17 heavy (non-hydrogen) atoms. The number of Topliss-reactive ketones (excluding diaryl/α,β-unsaturated/α-hetero) is 3. The van der Waals surface area contributed by atoms with Crippen LogP contribution in [0.4, 0.5) is 0 Å². The standard InChI is InChI=1S/C12H12O3S.Na.H/c1-6(13)9-4-5-10(16)12(8(3)15)11(9)7(2)14;;/h4-5,16H,1-3H3;;/q;+1;-1. The molecule has 0 bridgehead atoms. The third kappa shape index (κ3) is 3.52. The molecule has 0 aliphatic heterocycles. The molecule has 0 unspecified atom stereocenters. The molecule has 1 rings (SSSR count). The van der Waals surface area contributed by atoms with Crippen molar-refractivity contribution >= 4 is 30.0 Å². The van der Waals surface area contributed by atoms with Crippen molar-refractivity contribution < 1.29 is 45.4 Å². The number of carbonyl (C=O) groups excluding carboxylic acids is 3. The van der Waals surface area contributed by atoms with Crippen LogP contribution in [0.1, 0.15) is 53.3 Å². The van der Waals surface area contributed by atoms with Gasteiger partial charge in [0.05, 0.1) is 0 Å².